The van der Waals surface area contributed by atoms with Gasteiger partial charge in [0.2, 0.25) is 0 Å². The molecule has 0 atom stereocenters. The summed E-state index contributed by atoms with van der Waals surface area (Å²) in [6, 6.07) is 0. The zero-order chi connectivity index (χ0) is 9.35. The van der Waals surface area contributed by atoms with Crippen molar-refractivity contribution in [2.45, 2.75) is 26.7 Å². The van der Waals surface area contributed by atoms with Gasteiger partial charge in [0.05, 0.1) is 7.11 Å². The smallest absolute Gasteiger partial charge is 0.259 e. The molecule has 1 rings (SSSR count). The summed E-state index contributed by atoms with van der Waals surface area (Å²) >= 11 is 0. The van der Waals surface area contributed by atoms with Gasteiger partial charge < -0.3 is 0 Å². The lowest BCUT2D eigenvalue weighted by Gasteiger charge is -2.33. The van der Waals surface area contributed by atoms with Crippen LogP contribution in [0.5, 0.6) is 0 Å². The zero-order valence-electron chi connectivity index (χ0n) is 7.59. The molecule has 0 saturated carbocycles. The summed E-state index contributed by atoms with van der Waals surface area (Å²) in [7, 11) is 1.33. The normalized spacial score (nSPS) is 23.1. The van der Waals surface area contributed by atoms with Gasteiger partial charge in [0.15, 0.2) is 0 Å². The number of hydrogen-bond acceptors (Lipinski definition) is 3. The van der Waals surface area contributed by atoms with Gasteiger partial charge in [-0.2, -0.15) is 5.06 Å². The number of carbonyl (C=O) groups excluding carboxylic acids is 2. The van der Waals surface area contributed by atoms with Crippen LogP contribution < -0.4 is 0 Å². The van der Waals surface area contributed by atoms with Crippen molar-refractivity contribution in [3.8, 4) is 0 Å². The number of carbonyl (C=O) groups is 2. The molecule has 12 heavy (non-hydrogen) atoms. The van der Waals surface area contributed by atoms with Crippen molar-refractivity contribution < 1.29 is 14.4 Å². The van der Waals surface area contributed by atoms with Crippen LogP contribution >= 0.6 is 0 Å². The molecule has 1 fully saturated rings. The van der Waals surface area contributed by atoms with Crippen LogP contribution in [0.4, 0.5) is 0 Å². The quantitative estimate of drug-likeness (QED) is 0.546. The van der Waals surface area contributed by atoms with E-state index in [2.05, 4.69) is 4.84 Å². The number of hydrogen-bond donors (Lipinski definition) is 0. The van der Waals surface area contributed by atoms with Crippen LogP contribution in [0.15, 0.2) is 0 Å². The number of hydroxylamine groups is 2. The van der Waals surface area contributed by atoms with E-state index in [9.17, 15) is 9.59 Å². The Morgan fingerprint density at radius 2 is 2.00 bits per heavy atom. The van der Waals surface area contributed by atoms with Crippen molar-refractivity contribution in [3.05, 3.63) is 0 Å². The van der Waals surface area contributed by atoms with E-state index in [1.54, 1.807) is 0 Å². The Hall–Kier alpha value is -0.900. The lowest BCUT2D eigenvalue weighted by atomic mass is 9.84. The van der Waals surface area contributed by atoms with Gasteiger partial charge >= 0.3 is 0 Å². The Morgan fingerprint density at radius 3 is 2.42 bits per heavy atom. The molecular formula is C8H13NO3. The standard InChI is InChI=1S/C8H13NO3/c1-8(2)5-4-6(10)9(12-3)7(8)11/h4-5H2,1-3H3. The summed E-state index contributed by atoms with van der Waals surface area (Å²) < 4.78 is 0. The van der Waals surface area contributed by atoms with E-state index in [0.29, 0.717) is 12.8 Å². The summed E-state index contributed by atoms with van der Waals surface area (Å²) in [4.78, 5) is 27.3. The van der Waals surface area contributed by atoms with E-state index in [1.807, 2.05) is 13.8 Å². The predicted molar refractivity (Wildman–Crippen MR) is 41.9 cm³/mol. The second-order valence-electron chi connectivity index (χ2n) is 3.56. The second-order valence-corrected chi connectivity index (χ2v) is 3.56. The first-order valence-electron chi connectivity index (χ1n) is 3.90. The first kappa shape index (κ1) is 9.19. The number of amides is 2. The van der Waals surface area contributed by atoms with Crippen molar-refractivity contribution >= 4 is 11.8 Å². The Morgan fingerprint density at radius 1 is 1.42 bits per heavy atom. The predicted octanol–water partition coefficient (Wildman–Crippen LogP) is 0.723. The molecule has 1 aliphatic rings. The molecule has 0 bridgehead atoms. The first-order valence-corrected chi connectivity index (χ1v) is 3.90. The fourth-order valence-corrected chi connectivity index (χ4v) is 1.20. The third kappa shape index (κ3) is 1.34. The van der Waals surface area contributed by atoms with Crippen molar-refractivity contribution in [2.24, 2.45) is 5.41 Å². The SMILES string of the molecule is CON1C(=O)CCC(C)(C)C1=O. The van der Waals surface area contributed by atoms with Crippen LogP contribution in [0.1, 0.15) is 26.7 Å². The Bertz CT molecular complexity index is 222. The molecule has 0 N–H and O–H groups in total. The van der Waals surface area contributed by atoms with Crippen molar-refractivity contribution in [3.63, 3.8) is 0 Å². The maximum absolute atomic E-state index is 11.5. The van der Waals surface area contributed by atoms with Gasteiger partial charge in [-0.25, -0.2) is 0 Å². The maximum Gasteiger partial charge on any atom is 0.259 e. The Labute approximate surface area is 71.4 Å². The largest absolute Gasteiger partial charge is 0.272 e. The molecule has 1 saturated heterocycles. The summed E-state index contributed by atoms with van der Waals surface area (Å²) in [6.45, 7) is 3.63. The molecule has 0 aliphatic carbocycles. The van der Waals surface area contributed by atoms with Crippen molar-refractivity contribution in [2.75, 3.05) is 7.11 Å². The molecule has 0 aromatic rings. The van der Waals surface area contributed by atoms with E-state index in [1.165, 1.54) is 7.11 Å². The summed E-state index contributed by atoms with van der Waals surface area (Å²) in [5.41, 5.74) is -0.468. The number of imide groups is 1. The van der Waals surface area contributed by atoms with Crippen LogP contribution in [-0.2, 0) is 14.4 Å². The highest BCUT2D eigenvalue weighted by Gasteiger charge is 2.40. The topological polar surface area (TPSA) is 46.6 Å². The van der Waals surface area contributed by atoms with Gasteiger partial charge in [0.1, 0.15) is 0 Å². The van der Waals surface area contributed by atoms with Crippen molar-refractivity contribution in [1.29, 1.82) is 0 Å². The van der Waals surface area contributed by atoms with Crippen molar-refractivity contribution in [1.82, 2.24) is 5.06 Å². The third-order valence-electron chi connectivity index (χ3n) is 2.14. The minimum Gasteiger partial charge on any atom is -0.272 e. The molecular weight excluding hydrogens is 158 g/mol. The molecule has 0 spiro atoms. The van der Waals surface area contributed by atoms with Gasteiger partial charge in [-0.1, -0.05) is 13.8 Å². The molecule has 68 valence electrons. The highest BCUT2D eigenvalue weighted by molar-refractivity contribution is 5.99. The summed E-state index contributed by atoms with van der Waals surface area (Å²) in [5, 5.41) is 0.851. The Kier molecular flexibility index (Phi) is 2.19. The fourth-order valence-electron chi connectivity index (χ4n) is 1.20. The molecule has 0 aromatic carbocycles. The molecule has 4 nitrogen and oxygen atoms in total. The van der Waals surface area contributed by atoms with Crippen LogP contribution in [0, 0.1) is 5.41 Å². The van der Waals surface area contributed by atoms with Crippen LogP contribution in [-0.4, -0.2) is 24.0 Å². The molecule has 2 amide bonds. The highest BCUT2D eigenvalue weighted by Crippen LogP contribution is 2.30. The average Bonchev–Trinajstić information content (AvgIpc) is 2.00. The van der Waals surface area contributed by atoms with Gasteiger partial charge in [0.25, 0.3) is 11.8 Å². The maximum atomic E-state index is 11.5. The number of piperidine rings is 1. The van der Waals surface area contributed by atoms with Gasteiger partial charge in [0, 0.05) is 11.8 Å². The van der Waals surface area contributed by atoms with E-state index in [0.717, 1.165) is 5.06 Å². The molecule has 4 heteroatoms. The monoisotopic (exact) mass is 171 g/mol. The molecule has 0 radical (unpaired) electrons. The molecule has 0 aromatic heterocycles. The Balaban J connectivity index is 2.85. The van der Waals surface area contributed by atoms with Gasteiger partial charge in [-0.15, -0.1) is 0 Å². The van der Waals surface area contributed by atoms with Gasteiger partial charge in [-0.05, 0) is 6.42 Å². The van der Waals surface area contributed by atoms with E-state index >= 15 is 0 Å². The summed E-state index contributed by atoms with van der Waals surface area (Å²) in [6.07, 6.45) is 0.983. The molecule has 0 unspecified atom stereocenters. The minimum absolute atomic E-state index is 0.248. The average molecular weight is 171 g/mol. The van der Waals surface area contributed by atoms with E-state index in [4.69, 9.17) is 0 Å². The second kappa shape index (κ2) is 2.86. The number of rotatable bonds is 1. The fraction of sp³-hybridized carbons (Fsp3) is 0.750. The highest BCUT2D eigenvalue weighted by atomic mass is 16.7. The first-order chi connectivity index (χ1) is 5.49. The van der Waals surface area contributed by atoms with E-state index in [-0.39, 0.29) is 11.8 Å². The minimum atomic E-state index is -0.468. The zero-order valence-corrected chi connectivity index (χ0v) is 7.59. The van der Waals surface area contributed by atoms with Crippen LogP contribution in [0.3, 0.4) is 0 Å². The summed E-state index contributed by atoms with van der Waals surface area (Å²) in [5.74, 6) is -0.497. The third-order valence-corrected chi connectivity index (χ3v) is 2.14. The van der Waals surface area contributed by atoms with Crippen LogP contribution in [0.2, 0.25) is 0 Å². The number of nitrogens with zero attached hydrogens (tertiary/aromatic N) is 1. The van der Waals surface area contributed by atoms with Gasteiger partial charge in [-0.3, -0.25) is 14.4 Å². The lowest BCUT2D eigenvalue weighted by molar-refractivity contribution is -0.199. The molecule has 1 heterocycles. The van der Waals surface area contributed by atoms with Crippen LogP contribution in [0.25, 0.3) is 0 Å². The van der Waals surface area contributed by atoms with E-state index < -0.39 is 5.41 Å². The molecule has 1 aliphatic heterocycles. The lowest BCUT2D eigenvalue weighted by Crippen LogP contribution is -2.48.